The number of unbranched alkanes of at least 4 members (excludes halogenated alkanes) is 17. The van der Waals surface area contributed by atoms with E-state index in [4.69, 9.17) is 9.47 Å². The van der Waals surface area contributed by atoms with Gasteiger partial charge in [0.05, 0.1) is 12.2 Å². The molecule has 0 saturated heterocycles. The highest BCUT2D eigenvalue weighted by Crippen LogP contribution is 2.27. The summed E-state index contributed by atoms with van der Waals surface area (Å²) in [5.41, 5.74) is 0. The Morgan fingerprint density at radius 1 is 0.457 bits per heavy atom. The average molecular weight is 642 g/mol. The lowest BCUT2D eigenvalue weighted by Crippen LogP contribution is -2.44. The Hall–Kier alpha value is -1.16. The molecule has 1 fully saturated rings. The highest BCUT2D eigenvalue weighted by atomic mass is 16.5. The van der Waals surface area contributed by atoms with Crippen molar-refractivity contribution in [2.45, 2.75) is 199 Å². The summed E-state index contributed by atoms with van der Waals surface area (Å²) in [6.45, 7) is 6.32. The first-order chi connectivity index (χ1) is 22.7. The molecule has 46 heavy (non-hydrogen) atoms. The molecule has 1 saturated carbocycles. The Labute approximate surface area is 288 Å². The van der Waals surface area contributed by atoms with Crippen LogP contribution in [-0.2, 0) is 9.47 Å². The van der Waals surface area contributed by atoms with Crippen molar-refractivity contribution in [2.24, 2.45) is 0 Å². The summed E-state index contributed by atoms with van der Waals surface area (Å²) >= 11 is 0. The van der Waals surface area contributed by atoms with E-state index in [1.165, 1.54) is 141 Å². The molecule has 3 heteroatoms. The minimum atomic E-state index is 0.263. The van der Waals surface area contributed by atoms with E-state index in [9.17, 15) is 0 Å². The van der Waals surface area contributed by atoms with E-state index >= 15 is 0 Å². The average Bonchev–Trinajstić information content (AvgIpc) is 3.06. The first-order valence-corrected chi connectivity index (χ1v) is 20.2. The fourth-order valence-electron chi connectivity index (χ4n) is 6.38. The number of nitrogens with zero attached hydrogens (tertiary/aromatic N) is 1. The van der Waals surface area contributed by atoms with Gasteiger partial charge in [-0.2, -0.15) is 0 Å². The number of hydrogen-bond acceptors (Lipinski definition) is 3. The largest absolute Gasteiger partial charge is 0.376 e. The maximum atomic E-state index is 6.50. The van der Waals surface area contributed by atoms with E-state index in [0.717, 1.165) is 38.9 Å². The normalized spacial score (nSPS) is 19.3. The lowest BCUT2D eigenvalue weighted by molar-refractivity contribution is -0.105. The summed E-state index contributed by atoms with van der Waals surface area (Å²) < 4.78 is 13.0. The molecule has 1 rings (SSSR count). The summed E-state index contributed by atoms with van der Waals surface area (Å²) in [6, 6.07) is 0.623. The van der Waals surface area contributed by atoms with Gasteiger partial charge in [0.15, 0.2) is 0 Å². The molecule has 0 bridgehead atoms. The van der Waals surface area contributed by atoms with Crippen LogP contribution in [0, 0.1) is 0 Å². The molecule has 268 valence electrons. The highest BCUT2D eigenvalue weighted by molar-refractivity contribution is 4.93. The number of allylic oxidation sites excluding steroid dienone is 8. The molecule has 0 heterocycles. The van der Waals surface area contributed by atoms with Gasteiger partial charge in [-0.05, 0) is 104 Å². The summed E-state index contributed by atoms with van der Waals surface area (Å²) in [5.74, 6) is 0. The SMILES string of the molecule is CCCC/C=C\C/C=C\CCCCCCCCO[C@H]1CC[C@@H](N(C)C)C[C@H]1OCCCCCCCC/C=C\C/C=C\CCCCC. The quantitative estimate of drug-likeness (QED) is 0.0539. The van der Waals surface area contributed by atoms with Gasteiger partial charge in [0.1, 0.15) is 0 Å². The number of ether oxygens (including phenoxy) is 2. The van der Waals surface area contributed by atoms with E-state index < -0.39 is 0 Å². The molecule has 0 amide bonds. The van der Waals surface area contributed by atoms with Crippen LogP contribution in [0.2, 0.25) is 0 Å². The van der Waals surface area contributed by atoms with Gasteiger partial charge in [-0.1, -0.05) is 140 Å². The molecular formula is C43H79NO2. The maximum Gasteiger partial charge on any atom is 0.0851 e. The molecule has 3 nitrogen and oxygen atoms in total. The molecule has 0 aromatic carbocycles. The Morgan fingerprint density at radius 2 is 0.870 bits per heavy atom. The summed E-state index contributed by atoms with van der Waals surface area (Å²) in [7, 11) is 4.43. The van der Waals surface area contributed by atoms with Gasteiger partial charge in [-0.25, -0.2) is 0 Å². The van der Waals surface area contributed by atoms with Crippen molar-refractivity contribution in [3.8, 4) is 0 Å². The fourth-order valence-corrected chi connectivity index (χ4v) is 6.38. The first kappa shape index (κ1) is 42.9. The Kier molecular flexibility index (Phi) is 31.4. The van der Waals surface area contributed by atoms with Crippen LogP contribution < -0.4 is 0 Å². The third-order valence-electron chi connectivity index (χ3n) is 9.54. The third kappa shape index (κ3) is 26.9. The van der Waals surface area contributed by atoms with Crippen LogP contribution in [0.25, 0.3) is 0 Å². The molecule has 3 atom stereocenters. The second-order valence-electron chi connectivity index (χ2n) is 14.1. The number of hydrogen-bond donors (Lipinski definition) is 0. The Bertz CT molecular complexity index is 739. The van der Waals surface area contributed by atoms with Crippen molar-refractivity contribution >= 4 is 0 Å². The van der Waals surface area contributed by atoms with Gasteiger partial charge in [0, 0.05) is 19.3 Å². The van der Waals surface area contributed by atoms with E-state index in [-0.39, 0.29) is 12.2 Å². The standard InChI is InChI=1S/C43H79NO2/c1-5-7-9-11-13-15-17-19-21-23-25-27-29-31-33-35-39-46-43-40-41(44(3)4)36-37-42(43)45-38-34-32-30-28-26-24-22-20-18-16-14-12-10-8-6-2/h12-15,18-21,41-43H,5-11,16-17,22-40H2,1-4H3/b14-12-,15-13-,20-18-,21-19-/t41-,42+,43-/m1/s1. The summed E-state index contributed by atoms with van der Waals surface area (Å²) in [5, 5.41) is 0. The lowest BCUT2D eigenvalue weighted by Gasteiger charge is -2.38. The van der Waals surface area contributed by atoms with Crippen LogP contribution in [0.5, 0.6) is 0 Å². The fraction of sp³-hybridized carbons (Fsp3) is 0.814. The zero-order valence-corrected chi connectivity index (χ0v) is 31.4. The second-order valence-corrected chi connectivity index (χ2v) is 14.1. The van der Waals surface area contributed by atoms with Gasteiger partial charge < -0.3 is 14.4 Å². The van der Waals surface area contributed by atoms with Crippen LogP contribution in [0.15, 0.2) is 48.6 Å². The van der Waals surface area contributed by atoms with Crippen molar-refractivity contribution in [1.82, 2.24) is 4.90 Å². The van der Waals surface area contributed by atoms with Crippen LogP contribution in [0.4, 0.5) is 0 Å². The van der Waals surface area contributed by atoms with Crippen LogP contribution >= 0.6 is 0 Å². The van der Waals surface area contributed by atoms with E-state index in [1.807, 2.05) is 0 Å². The van der Waals surface area contributed by atoms with Crippen molar-refractivity contribution in [2.75, 3.05) is 27.3 Å². The van der Waals surface area contributed by atoms with E-state index in [0.29, 0.717) is 6.04 Å². The van der Waals surface area contributed by atoms with Crippen molar-refractivity contribution in [3.63, 3.8) is 0 Å². The van der Waals surface area contributed by atoms with Gasteiger partial charge in [0.2, 0.25) is 0 Å². The molecule has 0 radical (unpaired) electrons. The van der Waals surface area contributed by atoms with Crippen LogP contribution in [0.3, 0.4) is 0 Å². The molecule has 0 aromatic heterocycles. The second kappa shape index (κ2) is 33.7. The molecule has 0 N–H and O–H groups in total. The summed E-state index contributed by atoms with van der Waals surface area (Å²) in [4.78, 5) is 2.38. The monoisotopic (exact) mass is 642 g/mol. The summed E-state index contributed by atoms with van der Waals surface area (Å²) in [6.07, 6.45) is 52.3. The minimum absolute atomic E-state index is 0.263. The van der Waals surface area contributed by atoms with Gasteiger partial charge in [-0.3, -0.25) is 0 Å². The van der Waals surface area contributed by atoms with Crippen molar-refractivity contribution in [1.29, 1.82) is 0 Å². The smallest absolute Gasteiger partial charge is 0.0851 e. The zero-order chi connectivity index (χ0) is 33.2. The predicted molar refractivity (Wildman–Crippen MR) is 205 cm³/mol. The first-order valence-electron chi connectivity index (χ1n) is 20.2. The highest BCUT2D eigenvalue weighted by Gasteiger charge is 2.32. The number of rotatable bonds is 32. The predicted octanol–water partition coefficient (Wildman–Crippen LogP) is 13.1. The molecule has 1 aliphatic rings. The third-order valence-corrected chi connectivity index (χ3v) is 9.54. The Morgan fingerprint density at radius 3 is 1.35 bits per heavy atom. The topological polar surface area (TPSA) is 21.7 Å². The van der Waals surface area contributed by atoms with Crippen molar-refractivity contribution < 1.29 is 9.47 Å². The molecule has 0 aromatic rings. The minimum Gasteiger partial charge on any atom is -0.376 e. The maximum absolute atomic E-state index is 6.50. The molecule has 1 aliphatic carbocycles. The van der Waals surface area contributed by atoms with Crippen LogP contribution in [0.1, 0.15) is 181 Å². The van der Waals surface area contributed by atoms with Gasteiger partial charge in [0.25, 0.3) is 0 Å². The molecule has 0 unspecified atom stereocenters. The molecular weight excluding hydrogens is 562 g/mol. The van der Waals surface area contributed by atoms with Gasteiger partial charge in [-0.15, -0.1) is 0 Å². The van der Waals surface area contributed by atoms with Gasteiger partial charge >= 0.3 is 0 Å². The molecule has 0 spiro atoms. The Balaban J connectivity index is 2.06. The molecule has 0 aliphatic heterocycles. The van der Waals surface area contributed by atoms with Crippen molar-refractivity contribution in [3.05, 3.63) is 48.6 Å². The van der Waals surface area contributed by atoms with E-state index in [2.05, 4.69) is 81.5 Å². The lowest BCUT2D eigenvalue weighted by atomic mass is 9.89. The van der Waals surface area contributed by atoms with Crippen LogP contribution in [-0.4, -0.2) is 50.5 Å². The zero-order valence-electron chi connectivity index (χ0n) is 31.4. The van der Waals surface area contributed by atoms with E-state index in [1.54, 1.807) is 0 Å².